The largest absolute Gasteiger partial charge is 0.480 e. The van der Waals surface area contributed by atoms with Crippen molar-refractivity contribution in [1.29, 1.82) is 0 Å². The van der Waals surface area contributed by atoms with Gasteiger partial charge in [0.05, 0.1) is 0 Å². The first kappa shape index (κ1) is 22.9. The normalized spacial score (nSPS) is 22.1. The molecule has 1 amide bonds. The molecular formula is C18H28N3O5PS. The van der Waals surface area contributed by atoms with E-state index < -0.39 is 37.4 Å². The van der Waals surface area contributed by atoms with Gasteiger partial charge in [-0.2, -0.15) is 0 Å². The summed E-state index contributed by atoms with van der Waals surface area (Å²) < 4.78 is 12.5. The second-order valence-corrected chi connectivity index (χ2v) is 9.99. The molecule has 1 saturated heterocycles. The van der Waals surface area contributed by atoms with Crippen molar-refractivity contribution in [3.05, 3.63) is 35.9 Å². The van der Waals surface area contributed by atoms with Crippen LogP contribution in [0, 0.1) is 0 Å². The Morgan fingerprint density at radius 1 is 1.25 bits per heavy atom. The number of nitrogens with two attached hydrogens (primary N) is 1. The molecule has 1 aromatic rings. The summed E-state index contributed by atoms with van der Waals surface area (Å²) in [6, 6.07) is 8.30. The van der Waals surface area contributed by atoms with Gasteiger partial charge >= 0.3 is 5.97 Å². The van der Waals surface area contributed by atoms with Gasteiger partial charge in [-0.15, -0.1) is 11.8 Å². The SMILES string of the molecule is NCCCCCCP(=O)(O)NC1CSC(c2ccccc2)N(CC(=O)O)C1=O. The van der Waals surface area contributed by atoms with Gasteiger partial charge in [0, 0.05) is 11.9 Å². The van der Waals surface area contributed by atoms with Crippen molar-refractivity contribution < 1.29 is 24.2 Å². The lowest BCUT2D eigenvalue weighted by Gasteiger charge is -2.38. The number of carbonyl (C=O) groups is 2. The van der Waals surface area contributed by atoms with Gasteiger partial charge in [0.2, 0.25) is 5.91 Å². The first-order chi connectivity index (χ1) is 13.3. The van der Waals surface area contributed by atoms with Crippen molar-refractivity contribution in [1.82, 2.24) is 9.99 Å². The molecule has 1 aromatic carbocycles. The summed E-state index contributed by atoms with van der Waals surface area (Å²) in [5, 5.41) is 11.4. The van der Waals surface area contributed by atoms with Crippen molar-refractivity contribution in [2.45, 2.75) is 37.1 Å². The standard InChI is InChI=1S/C18H28N3O5PS/c19-10-6-1-2-7-11-27(25,26)20-15-13-28-18(14-8-4-3-5-9-14)21(17(15)24)12-16(22)23/h3-5,8-9,15,18H,1-2,6-7,10-13,19H2,(H,22,23)(H2,20,25,26). The lowest BCUT2D eigenvalue weighted by Crippen LogP contribution is -2.52. The molecule has 0 saturated carbocycles. The molecule has 1 aliphatic heterocycles. The third-order valence-corrected chi connectivity index (χ3v) is 7.45. The van der Waals surface area contributed by atoms with Gasteiger partial charge in [-0.1, -0.05) is 43.2 Å². The van der Waals surface area contributed by atoms with E-state index in [1.807, 2.05) is 30.3 Å². The van der Waals surface area contributed by atoms with E-state index in [-0.39, 0.29) is 6.16 Å². The average Bonchev–Trinajstić information content (AvgIpc) is 2.65. The van der Waals surface area contributed by atoms with Crippen molar-refractivity contribution >= 4 is 31.2 Å². The minimum absolute atomic E-state index is 0.0765. The monoisotopic (exact) mass is 429 g/mol. The first-order valence-corrected chi connectivity index (χ1v) is 12.2. The molecule has 3 unspecified atom stereocenters. The Kier molecular flexibility index (Phi) is 8.98. The van der Waals surface area contributed by atoms with E-state index in [2.05, 4.69) is 5.09 Å². The second kappa shape index (κ2) is 11.0. The van der Waals surface area contributed by atoms with Crippen LogP contribution >= 0.6 is 19.3 Å². The molecule has 0 radical (unpaired) electrons. The summed E-state index contributed by atoms with van der Waals surface area (Å²) in [6.45, 7) is 0.142. The van der Waals surface area contributed by atoms with Crippen LogP contribution in [0.3, 0.4) is 0 Å². The summed E-state index contributed by atoms with van der Waals surface area (Å²) in [4.78, 5) is 35.6. The minimum Gasteiger partial charge on any atom is -0.480 e. The number of hydrogen-bond donors (Lipinski definition) is 4. The third-order valence-electron chi connectivity index (χ3n) is 4.45. The maximum absolute atomic E-state index is 12.9. The number of carbonyl (C=O) groups excluding carboxylic acids is 1. The average molecular weight is 429 g/mol. The Labute approximate surface area is 169 Å². The van der Waals surface area contributed by atoms with Crippen LogP contribution < -0.4 is 10.8 Å². The number of nitrogens with one attached hydrogen (secondary N) is 1. The van der Waals surface area contributed by atoms with E-state index in [9.17, 15) is 24.2 Å². The van der Waals surface area contributed by atoms with Gasteiger partial charge in [0.25, 0.3) is 7.52 Å². The number of aliphatic carboxylic acids is 1. The lowest BCUT2D eigenvalue weighted by atomic mass is 10.2. The Hall–Kier alpha value is -1.38. The van der Waals surface area contributed by atoms with E-state index >= 15 is 0 Å². The fourth-order valence-corrected chi connectivity index (χ4v) is 5.99. The number of benzene rings is 1. The molecule has 8 nitrogen and oxygen atoms in total. The van der Waals surface area contributed by atoms with E-state index in [0.29, 0.717) is 18.7 Å². The highest BCUT2D eigenvalue weighted by molar-refractivity contribution is 7.99. The Balaban J connectivity index is 2.02. The molecule has 0 aliphatic carbocycles. The number of hydrogen-bond acceptors (Lipinski definition) is 5. The molecule has 5 N–H and O–H groups in total. The van der Waals surface area contributed by atoms with E-state index in [4.69, 9.17) is 5.73 Å². The predicted molar refractivity (Wildman–Crippen MR) is 110 cm³/mol. The molecule has 0 bridgehead atoms. The summed E-state index contributed by atoms with van der Waals surface area (Å²) in [5.41, 5.74) is 6.26. The van der Waals surface area contributed by atoms with Gasteiger partial charge < -0.3 is 20.6 Å². The van der Waals surface area contributed by atoms with Gasteiger partial charge in [0.15, 0.2) is 0 Å². The Morgan fingerprint density at radius 2 is 1.93 bits per heavy atom. The summed E-state index contributed by atoms with van der Waals surface area (Å²) >= 11 is 1.39. The first-order valence-electron chi connectivity index (χ1n) is 9.32. The highest BCUT2D eigenvalue weighted by Gasteiger charge is 2.40. The second-order valence-electron chi connectivity index (χ2n) is 6.77. The number of carboxylic acids is 1. The zero-order valence-corrected chi connectivity index (χ0v) is 17.4. The van der Waals surface area contributed by atoms with Crippen molar-refractivity contribution in [3.63, 3.8) is 0 Å². The third kappa shape index (κ3) is 6.90. The maximum Gasteiger partial charge on any atom is 0.323 e. The van der Waals surface area contributed by atoms with Crippen LogP contribution in [0.4, 0.5) is 0 Å². The number of unbranched alkanes of at least 4 members (excludes halogenated alkanes) is 3. The van der Waals surface area contributed by atoms with Crippen molar-refractivity contribution in [2.24, 2.45) is 5.73 Å². The molecule has 1 fully saturated rings. The highest BCUT2D eigenvalue weighted by Crippen LogP contribution is 2.42. The molecule has 28 heavy (non-hydrogen) atoms. The zero-order chi connectivity index (χ0) is 20.6. The molecule has 0 aromatic heterocycles. The molecule has 10 heteroatoms. The maximum atomic E-state index is 12.9. The molecule has 3 atom stereocenters. The number of thioether (sulfide) groups is 1. The van der Waals surface area contributed by atoms with E-state index in [0.717, 1.165) is 24.8 Å². The predicted octanol–water partition coefficient (Wildman–Crippen LogP) is 2.01. The van der Waals surface area contributed by atoms with Gasteiger partial charge in [-0.3, -0.25) is 14.2 Å². The van der Waals surface area contributed by atoms with E-state index in [1.54, 1.807) is 0 Å². The fourth-order valence-electron chi connectivity index (χ4n) is 3.09. The highest BCUT2D eigenvalue weighted by atomic mass is 32.2. The van der Waals surface area contributed by atoms with Crippen LogP contribution in [0.25, 0.3) is 0 Å². The topological polar surface area (TPSA) is 133 Å². The van der Waals surface area contributed by atoms with Crippen LogP contribution in [0.15, 0.2) is 30.3 Å². The van der Waals surface area contributed by atoms with Crippen LogP contribution in [-0.2, 0) is 14.2 Å². The molecule has 1 aliphatic rings. The lowest BCUT2D eigenvalue weighted by molar-refractivity contribution is -0.145. The summed E-state index contributed by atoms with van der Waals surface area (Å²) in [7, 11) is -3.69. The number of rotatable bonds is 11. The van der Waals surface area contributed by atoms with E-state index in [1.165, 1.54) is 16.7 Å². The van der Waals surface area contributed by atoms with Gasteiger partial charge in [-0.05, 0) is 24.9 Å². The van der Waals surface area contributed by atoms with Crippen molar-refractivity contribution in [2.75, 3.05) is 25.0 Å². The molecule has 156 valence electrons. The molecular weight excluding hydrogens is 401 g/mol. The Morgan fingerprint density at radius 3 is 2.57 bits per heavy atom. The number of carboxylic acid groups (broad SMARTS) is 1. The minimum atomic E-state index is -3.69. The fraction of sp³-hybridized carbons (Fsp3) is 0.556. The quantitative estimate of drug-likeness (QED) is 0.310. The number of amides is 1. The number of nitrogens with zero attached hydrogens (tertiary/aromatic N) is 1. The van der Waals surface area contributed by atoms with Gasteiger partial charge in [0.1, 0.15) is 18.0 Å². The van der Waals surface area contributed by atoms with Crippen LogP contribution in [0.5, 0.6) is 0 Å². The van der Waals surface area contributed by atoms with Gasteiger partial charge in [-0.25, -0.2) is 5.09 Å². The summed E-state index contributed by atoms with van der Waals surface area (Å²) in [6.07, 6.45) is 3.23. The smallest absolute Gasteiger partial charge is 0.323 e. The summed E-state index contributed by atoms with van der Waals surface area (Å²) in [5.74, 6) is -1.29. The zero-order valence-electron chi connectivity index (χ0n) is 15.7. The molecule has 2 rings (SSSR count). The molecule has 0 spiro atoms. The van der Waals surface area contributed by atoms with Crippen LogP contribution in [0.2, 0.25) is 0 Å². The Bertz CT molecular complexity index is 706. The van der Waals surface area contributed by atoms with Crippen molar-refractivity contribution in [3.8, 4) is 0 Å². The molecule has 1 heterocycles. The van der Waals surface area contributed by atoms with Crippen LogP contribution in [-0.4, -0.2) is 57.8 Å². The van der Waals surface area contributed by atoms with Crippen LogP contribution in [0.1, 0.15) is 36.6 Å².